The van der Waals surface area contributed by atoms with Crippen molar-refractivity contribution in [3.05, 3.63) is 83.0 Å². The van der Waals surface area contributed by atoms with Crippen molar-refractivity contribution in [3.8, 4) is 17.1 Å². The lowest BCUT2D eigenvalue weighted by Crippen LogP contribution is -2.13. The molecule has 6 aromatic rings. The largest absolute Gasteiger partial charge is 0.497 e. The van der Waals surface area contributed by atoms with Crippen LogP contribution in [0.4, 0.5) is 0 Å². The predicted octanol–water partition coefficient (Wildman–Crippen LogP) is 4.56. The molecule has 150 valence electrons. The molecule has 0 bridgehead atoms. The number of aromatic nitrogens is 4. The third kappa shape index (κ3) is 2.42. The van der Waals surface area contributed by atoms with Crippen LogP contribution >= 0.6 is 0 Å². The van der Waals surface area contributed by atoms with Gasteiger partial charge >= 0.3 is 0 Å². The molecule has 3 aromatic heterocycles. The Bertz CT molecular complexity index is 1710. The molecular weight excluding hydrogens is 388 g/mol. The molecule has 6 nitrogen and oxygen atoms in total. The summed E-state index contributed by atoms with van der Waals surface area (Å²) < 4.78 is 9.38. The lowest BCUT2D eigenvalue weighted by molar-refractivity contribution is 0.415. The number of hydrogen-bond donors (Lipinski definition) is 0. The summed E-state index contributed by atoms with van der Waals surface area (Å²) in [5, 5.41) is 1.17. The van der Waals surface area contributed by atoms with Crippen LogP contribution in [0.15, 0.2) is 77.6 Å². The summed E-state index contributed by atoms with van der Waals surface area (Å²) in [5.74, 6) is 1.45. The maximum atomic E-state index is 13.6. The first-order chi connectivity index (χ1) is 15.2. The van der Waals surface area contributed by atoms with E-state index < -0.39 is 0 Å². The van der Waals surface area contributed by atoms with Gasteiger partial charge in [0, 0.05) is 18.0 Å². The Morgan fingerprint density at radius 1 is 0.839 bits per heavy atom. The highest BCUT2D eigenvalue weighted by Crippen LogP contribution is 2.30. The van der Waals surface area contributed by atoms with Gasteiger partial charge in [-0.1, -0.05) is 36.4 Å². The van der Waals surface area contributed by atoms with Crippen molar-refractivity contribution in [1.82, 2.24) is 18.9 Å². The van der Waals surface area contributed by atoms with Crippen molar-refractivity contribution in [2.45, 2.75) is 0 Å². The van der Waals surface area contributed by atoms with Crippen LogP contribution in [0.25, 0.3) is 50.0 Å². The van der Waals surface area contributed by atoms with Crippen LogP contribution < -0.4 is 10.2 Å². The van der Waals surface area contributed by atoms with Crippen molar-refractivity contribution in [1.29, 1.82) is 0 Å². The van der Waals surface area contributed by atoms with Gasteiger partial charge in [0.25, 0.3) is 0 Å². The number of imidazole rings is 1. The number of rotatable bonds is 2. The molecule has 0 radical (unpaired) electrons. The molecule has 0 spiro atoms. The highest BCUT2D eigenvalue weighted by molar-refractivity contribution is 6.02. The predicted molar refractivity (Wildman–Crippen MR) is 123 cm³/mol. The van der Waals surface area contributed by atoms with E-state index in [4.69, 9.17) is 14.7 Å². The second kappa shape index (κ2) is 6.40. The number of para-hydroxylation sites is 3. The first-order valence-corrected chi connectivity index (χ1v) is 10.0. The summed E-state index contributed by atoms with van der Waals surface area (Å²) in [5.41, 5.74) is 4.59. The number of fused-ring (bicyclic) bond motifs is 6. The molecule has 6 rings (SSSR count). The van der Waals surface area contributed by atoms with E-state index in [-0.39, 0.29) is 5.43 Å². The zero-order valence-electron chi connectivity index (χ0n) is 17.0. The van der Waals surface area contributed by atoms with E-state index in [0.717, 1.165) is 27.9 Å². The second-order valence-corrected chi connectivity index (χ2v) is 7.53. The molecule has 31 heavy (non-hydrogen) atoms. The fourth-order valence-corrected chi connectivity index (χ4v) is 4.32. The zero-order valence-corrected chi connectivity index (χ0v) is 17.0. The van der Waals surface area contributed by atoms with Gasteiger partial charge in [0.15, 0.2) is 5.65 Å². The fraction of sp³-hybridized carbons (Fsp3) is 0.0800. The quantitative estimate of drug-likeness (QED) is 0.396. The van der Waals surface area contributed by atoms with Gasteiger partial charge in [0.2, 0.25) is 5.43 Å². The Morgan fingerprint density at radius 2 is 1.61 bits per heavy atom. The van der Waals surface area contributed by atoms with E-state index in [1.807, 2.05) is 88.8 Å². The fourth-order valence-electron chi connectivity index (χ4n) is 4.32. The Kier molecular flexibility index (Phi) is 3.65. The monoisotopic (exact) mass is 406 g/mol. The third-order valence-corrected chi connectivity index (χ3v) is 5.81. The van der Waals surface area contributed by atoms with Crippen LogP contribution in [0, 0.1) is 0 Å². The summed E-state index contributed by atoms with van der Waals surface area (Å²) in [6.45, 7) is 0. The van der Waals surface area contributed by atoms with Gasteiger partial charge in [0.1, 0.15) is 22.6 Å². The normalized spacial score (nSPS) is 11.7. The molecule has 3 aromatic carbocycles. The number of aryl methyl sites for hydroxylation is 1. The van der Waals surface area contributed by atoms with Gasteiger partial charge in [-0.2, -0.15) is 0 Å². The van der Waals surface area contributed by atoms with Gasteiger partial charge in [-0.15, -0.1) is 0 Å². The summed E-state index contributed by atoms with van der Waals surface area (Å²) in [6, 6.07) is 23.2. The van der Waals surface area contributed by atoms with Crippen molar-refractivity contribution in [2.24, 2.45) is 7.05 Å². The molecule has 0 unspecified atom stereocenters. The van der Waals surface area contributed by atoms with Crippen LogP contribution in [-0.4, -0.2) is 26.0 Å². The maximum Gasteiger partial charge on any atom is 0.202 e. The highest BCUT2D eigenvalue weighted by atomic mass is 16.5. The van der Waals surface area contributed by atoms with E-state index in [9.17, 15) is 4.79 Å². The van der Waals surface area contributed by atoms with Crippen LogP contribution in [0.5, 0.6) is 5.75 Å². The minimum atomic E-state index is -0.0614. The van der Waals surface area contributed by atoms with Crippen molar-refractivity contribution in [3.63, 3.8) is 0 Å². The first kappa shape index (κ1) is 17.7. The number of hydrogen-bond acceptors (Lipinski definition) is 4. The SMILES string of the molecule is COc1cccc(-c2nc3c(c(=O)c4ccccc4n3C)c3nc4ccccc4n23)c1. The van der Waals surface area contributed by atoms with Gasteiger partial charge < -0.3 is 9.30 Å². The maximum absolute atomic E-state index is 13.6. The molecular formula is C25H18N4O2. The zero-order chi connectivity index (χ0) is 21.1. The van der Waals surface area contributed by atoms with Gasteiger partial charge in [-0.3, -0.25) is 9.20 Å². The number of pyridine rings is 1. The van der Waals surface area contributed by atoms with Crippen molar-refractivity contribution < 1.29 is 4.74 Å². The van der Waals surface area contributed by atoms with Crippen LogP contribution in [-0.2, 0) is 7.05 Å². The summed E-state index contributed by atoms with van der Waals surface area (Å²) in [4.78, 5) is 23.4. The topological polar surface area (TPSA) is 61.4 Å². The van der Waals surface area contributed by atoms with E-state index in [2.05, 4.69) is 0 Å². The van der Waals surface area contributed by atoms with Gasteiger partial charge in [0.05, 0.1) is 23.7 Å². The molecule has 0 aliphatic heterocycles. The number of nitrogens with zero attached hydrogens (tertiary/aromatic N) is 4. The first-order valence-electron chi connectivity index (χ1n) is 10.0. The molecule has 0 atom stereocenters. The number of methoxy groups -OCH3 is 1. The smallest absolute Gasteiger partial charge is 0.202 e. The Morgan fingerprint density at radius 3 is 2.45 bits per heavy atom. The summed E-state index contributed by atoms with van der Waals surface area (Å²) in [7, 11) is 3.58. The van der Waals surface area contributed by atoms with Crippen molar-refractivity contribution in [2.75, 3.05) is 7.11 Å². The van der Waals surface area contributed by atoms with E-state index >= 15 is 0 Å². The molecule has 0 aliphatic rings. The molecule has 3 heterocycles. The molecule has 6 heteroatoms. The third-order valence-electron chi connectivity index (χ3n) is 5.81. The average Bonchev–Trinajstić information content (AvgIpc) is 3.21. The molecule has 0 aliphatic carbocycles. The summed E-state index contributed by atoms with van der Waals surface area (Å²) >= 11 is 0. The average molecular weight is 406 g/mol. The van der Waals surface area contributed by atoms with Crippen LogP contribution in [0.1, 0.15) is 0 Å². The van der Waals surface area contributed by atoms with Crippen LogP contribution in [0.2, 0.25) is 0 Å². The molecule has 0 fully saturated rings. The molecule has 0 N–H and O–H groups in total. The highest BCUT2D eigenvalue weighted by Gasteiger charge is 2.20. The minimum absolute atomic E-state index is 0.0614. The Hall–Kier alpha value is -4.19. The molecule has 0 amide bonds. The second-order valence-electron chi connectivity index (χ2n) is 7.53. The van der Waals surface area contributed by atoms with Crippen molar-refractivity contribution >= 4 is 38.6 Å². The summed E-state index contributed by atoms with van der Waals surface area (Å²) in [6.07, 6.45) is 0. The minimum Gasteiger partial charge on any atom is -0.497 e. The number of benzene rings is 3. The van der Waals surface area contributed by atoms with Crippen LogP contribution in [0.3, 0.4) is 0 Å². The van der Waals surface area contributed by atoms with E-state index in [1.54, 1.807) is 7.11 Å². The van der Waals surface area contributed by atoms with Gasteiger partial charge in [-0.25, -0.2) is 9.97 Å². The van der Waals surface area contributed by atoms with E-state index in [1.165, 1.54) is 0 Å². The lowest BCUT2D eigenvalue weighted by atomic mass is 10.1. The standard InChI is InChI=1S/C25H18N4O2/c1-28-19-12-5-3-10-17(19)22(30)21-24(28)27-23(15-8-7-9-16(14-15)31-2)29-20-13-6-4-11-18(20)26-25(21)29/h3-14H,1-2H3. The Labute approximate surface area is 177 Å². The number of ether oxygens (including phenoxy) is 1. The Balaban J connectivity index is 1.90. The van der Waals surface area contributed by atoms with Gasteiger partial charge in [-0.05, 0) is 36.4 Å². The van der Waals surface area contributed by atoms with E-state index in [0.29, 0.717) is 27.9 Å². The lowest BCUT2D eigenvalue weighted by Gasteiger charge is -2.14. The molecule has 0 saturated carbocycles. The molecule has 0 saturated heterocycles.